The summed E-state index contributed by atoms with van der Waals surface area (Å²) < 4.78 is 8.02. The number of hydrogen-bond donors (Lipinski definition) is 1. The number of benzene rings is 3. The van der Waals surface area contributed by atoms with Gasteiger partial charge in [-0.05, 0) is 30.3 Å². The third-order valence-corrected chi connectivity index (χ3v) is 6.19. The van der Waals surface area contributed by atoms with Gasteiger partial charge in [-0.25, -0.2) is 4.79 Å². The number of nitrogens with zero attached hydrogens (tertiary/aromatic N) is 3. The maximum atomic E-state index is 12.7. The van der Waals surface area contributed by atoms with Gasteiger partial charge in [0.15, 0.2) is 0 Å². The van der Waals surface area contributed by atoms with Gasteiger partial charge in [-0.15, -0.1) is 4.68 Å². The summed E-state index contributed by atoms with van der Waals surface area (Å²) in [6.07, 6.45) is 1.12. The first-order chi connectivity index (χ1) is 16.2. The molecule has 0 saturated heterocycles. The number of rotatable bonds is 6. The Labute approximate surface area is 213 Å². The lowest BCUT2D eigenvalue weighted by atomic mass is 10.2. The van der Waals surface area contributed by atoms with Crippen molar-refractivity contribution >= 4 is 66.3 Å². The summed E-state index contributed by atoms with van der Waals surface area (Å²) >= 11 is 12.9. The van der Waals surface area contributed by atoms with Crippen LogP contribution in [-0.2, 0) is 6.61 Å². The molecule has 0 radical (unpaired) electrons. The standard InChI is InChI=1S/C22H13Br2ClN4O5/c23-14-6-5-12(17(24)8-14)11-34-20-13(7-15(25)9-19(20)29(32)33)10-26-28-21(30)16-3-1-2-4-18(16)27-22(28)31/h1-10H,11H2,(H,27,31). The number of hydrogen-bond acceptors (Lipinski definition) is 6. The second-order valence-corrected chi connectivity index (χ2v) is 9.17. The fraction of sp³-hybridized carbons (Fsp3) is 0.0455. The number of aromatic nitrogens is 2. The van der Waals surface area contributed by atoms with Crippen molar-refractivity contribution in [3.05, 3.63) is 111 Å². The first-order valence-electron chi connectivity index (χ1n) is 9.57. The summed E-state index contributed by atoms with van der Waals surface area (Å²) in [6, 6.07) is 14.4. The van der Waals surface area contributed by atoms with Gasteiger partial charge >= 0.3 is 11.4 Å². The number of halogens is 3. The Balaban J connectivity index is 1.78. The average molecular weight is 609 g/mol. The van der Waals surface area contributed by atoms with Crippen molar-refractivity contribution in [1.82, 2.24) is 9.66 Å². The zero-order valence-electron chi connectivity index (χ0n) is 17.0. The Kier molecular flexibility index (Phi) is 6.96. The van der Waals surface area contributed by atoms with E-state index in [0.717, 1.165) is 26.8 Å². The van der Waals surface area contributed by atoms with E-state index in [1.165, 1.54) is 6.07 Å². The van der Waals surface area contributed by atoms with Crippen LogP contribution in [0.1, 0.15) is 11.1 Å². The molecule has 1 N–H and O–H groups in total. The van der Waals surface area contributed by atoms with Gasteiger partial charge in [0.25, 0.3) is 5.56 Å². The Bertz CT molecular complexity index is 1580. The molecule has 1 heterocycles. The maximum absolute atomic E-state index is 12.7. The molecule has 0 aliphatic rings. The van der Waals surface area contributed by atoms with E-state index in [9.17, 15) is 19.7 Å². The highest BCUT2D eigenvalue weighted by molar-refractivity contribution is 9.11. The molecule has 0 aliphatic heterocycles. The number of nitro groups is 1. The largest absolute Gasteiger partial charge is 0.481 e. The van der Waals surface area contributed by atoms with E-state index < -0.39 is 16.2 Å². The second kappa shape index (κ2) is 9.92. The van der Waals surface area contributed by atoms with Gasteiger partial charge in [0.2, 0.25) is 5.75 Å². The lowest BCUT2D eigenvalue weighted by molar-refractivity contribution is -0.385. The fourth-order valence-electron chi connectivity index (χ4n) is 3.16. The Morgan fingerprint density at radius 1 is 1.15 bits per heavy atom. The highest BCUT2D eigenvalue weighted by atomic mass is 79.9. The monoisotopic (exact) mass is 606 g/mol. The van der Waals surface area contributed by atoms with Crippen LogP contribution in [0.5, 0.6) is 5.75 Å². The van der Waals surface area contributed by atoms with E-state index in [-0.39, 0.29) is 34.0 Å². The first-order valence-corrected chi connectivity index (χ1v) is 11.5. The highest BCUT2D eigenvalue weighted by Crippen LogP contribution is 2.35. The number of aromatic amines is 1. The van der Waals surface area contributed by atoms with Gasteiger partial charge in [0.05, 0.1) is 22.0 Å². The zero-order valence-corrected chi connectivity index (χ0v) is 20.9. The van der Waals surface area contributed by atoms with Crippen molar-refractivity contribution in [3.63, 3.8) is 0 Å². The molecule has 0 amide bonds. The van der Waals surface area contributed by atoms with Crippen LogP contribution in [-0.4, -0.2) is 20.8 Å². The van der Waals surface area contributed by atoms with Gasteiger partial charge < -0.3 is 9.72 Å². The molecule has 0 atom stereocenters. The molecule has 0 aliphatic carbocycles. The lowest BCUT2D eigenvalue weighted by Crippen LogP contribution is -2.32. The van der Waals surface area contributed by atoms with Gasteiger partial charge in [-0.1, -0.05) is 61.7 Å². The van der Waals surface area contributed by atoms with Gasteiger partial charge in [0, 0.05) is 31.2 Å². The molecule has 4 rings (SSSR count). The second-order valence-electron chi connectivity index (χ2n) is 6.96. The molecular weight excluding hydrogens is 596 g/mol. The van der Waals surface area contributed by atoms with Crippen molar-refractivity contribution in [3.8, 4) is 5.75 Å². The van der Waals surface area contributed by atoms with Crippen LogP contribution in [0.15, 0.2) is 78.2 Å². The summed E-state index contributed by atoms with van der Waals surface area (Å²) in [4.78, 5) is 38.7. The molecule has 0 saturated carbocycles. The van der Waals surface area contributed by atoms with Crippen LogP contribution < -0.4 is 16.0 Å². The summed E-state index contributed by atoms with van der Waals surface area (Å²) in [6.45, 7) is -0.00627. The fourth-order valence-corrected chi connectivity index (χ4v) is 4.54. The molecule has 9 nitrogen and oxygen atoms in total. The summed E-state index contributed by atoms with van der Waals surface area (Å²) in [5.41, 5.74) is -0.580. The molecule has 0 bridgehead atoms. The van der Waals surface area contributed by atoms with Crippen LogP contribution in [0.2, 0.25) is 5.02 Å². The summed E-state index contributed by atoms with van der Waals surface area (Å²) in [5.74, 6) is -0.113. The van der Waals surface area contributed by atoms with E-state index in [0.29, 0.717) is 10.2 Å². The molecule has 1 aromatic heterocycles. The third-order valence-electron chi connectivity index (χ3n) is 4.74. The third kappa shape index (κ3) is 4.96. The molecule has 3 aromatic carbocycles. The van der Waals surface area contributed by atoms with Crippen molar-refractivity contribution < 1.29 is 9.66 Å². The smallest absolute Gasteiger partial charge is 0.349 e. The van der Waals surface area contributed by atoms with Crippen molar-refractivity contribution in [2.24, 2.45) is 5.10 Å². The molecule has 4 aromatic rings. The van der Waals surface area contributed by atoms with Gasteiger partial charge in [-0.2, -0.15) is 5.10 Å². The lowest BCUT2D eigenvalue weighted by Gasteiger charge is -2.11. The minimum atomic E-state index is -0.766. The Morgan fingerprint density at radius 3 is 2.65 bits per heavy atom. The van der Waals surface area contributed by atoms with Crippen LogP contribution in [0.25, 0.3) is 10.9 Å². The van der Waals surface area contributed by atoms with Crippen LogP contribution in [0.4, 0.5) is 5.69 Å². The van der Waals surface area contributed by atoms with Gasteiger partial charge in [-0.3, -0.25) is 14.9 Å². The molecule has 0 spiro atoms. The molecule has 0 fully saturated rings. The van der Waals surface area contributed by atoms with Crippen LogP contribution in [0.3, 0.4) is 0 Å². The first kappa shape index (κ1) is 23.9. The number of nitrogens with one attached hydrogen (secondary N) is 1. The quantitative estimate of drug-likeness (QED) is 0.183. The van der Waals surface area contributed by atoms with Gasteiger partial charge in [0.1, 0.15) is 6.61 Å². The number of para-hydroxylation sites is 1. The predicted molar refractivity (Wildman–Crippen MR) is 136 cm³/mol. The number of H-pyrrole nitrogens is 1. The normalized spacial score (nSPS) is 11.3. The topological polar surface area (TPSA) is 120 Å². The van der Waals surface area contributed by atoms with Crippen LogP contribution >= 0.6 is 43.5 Å². The predicted octanol–water partition coefficient (Wildman–Crippen LogP) is 5.24. The number of ether oxygens (including phenoxy) is 1. The minimum absolute atomic E-state index is 0.00627. The Hall–Kier alpha value is -3.28. The molecule has 34 heavy (non-hydrogen) atoms. The SMILES string of the molecule is O=c1[nH]c2ccccc2c(=O)n1N=Cc1cc(Cl)cc([N+](=O)[O-])c1OCc1ccc(Br)cc1Br. The zero-order chi connectivity index (χ0) is 24.4. The molecule has 172 valence electrons. The minimum Gasteiger partial charge on any atom is -0.481 e. The van der Waals surface area contributed by atoms with E-state index in [1.807, 2.05) is 6.07 Å². The van der Waals surface area contributed by atoms with Crippen LogP contribution in [0, 0.1) is 10.1 Å². The average Bonchev–Trinajstić information content (AvgIpc) is 2.78. The van der Waals surface area contributed by atoms with E-state index in [2.05, 4.69) is 41.9 Å². The van der Waals surface area contributed by atoms with Crippen molar-refractivity contribution in [2.75, 3.05) is 0 Å². The number of nitro benzene ring substituents is 1. The van der Waals surface area contributed by atoms with Crippen molar-refractivity contribution in [2.45, 2.75) is 6.61 Å². The molecule has 0 unspecified atom stereocenters. The number of fused-ring (bicyclic) bond motifs is 1. The maximum Gasteiger partial charge on any atom is 0.349 e. The molecule has 12 heteroatoms. The molecular formula is C22H13Br2ClN4O5. The van der Waals surface area contributed by atoms with E-state index in [4.69, 9.17) is 16.3 Å². The summed E-state index contributed by atoms with van der Waals surface area (Å²) in [7, 11) is 0. The van der Waals surface area contributed by atoms with Crippen molar-refractivity contribution in [1.29, 1.82) is 0 Å². The Morgan fingerprint density at radius 2 is 1.91 bits per heavy atom. The van der Waals surface area contributed by atoms with E-state index in [1.54, 1.807) is 36.4 Å². The highest BCUT2D eigenvalue weighted by Gasteiger charge is 2.21. The van der Waals surface area contributed by atoms with E-state index >= 15 is 0 Å². The summed E-state index contributed by atoms with van der Waals surface area (Å²) in [5, 5.41) is 16.0.